The van der Waals surface area contributed by atoms with Crippen LogP contribution in [0.3, 0.4) is 0 Å². The number of ether oxygens (including phenoxy) is 1. The van der Waals surface area contributed by atoms with Crippen molar-refractivity contribution >= 4 is 18.1 Å². The summed E-state index contributed by atoms with van der Waals surface area (Å²) in [6.45, 7) is 2.36. The van der Waals surface area contributed by atoms with Gasteiger partial charge in [0.1, 0.15) is 0 Å². The van der Waals surface area contributed by atoms with Crippen LogP contribution in [0.4, 0.5) is 4.79 Å². The lowest BCUT2D eigenvalue weighted by molar-refractivity contribution is -0.137. The summed E-state index contributed by atoms with van der Waals surface area (Å²) in [5.41, 5.74) is -0.485. The molecule has 0 saturated carbocycles. The Morgan fingerprint density at radius 2 is 1.46 bits per heavy atom. The third-order valence-electron chi connectivity index (χ3n) is 1.37. The second kappa shape index (κ2) is 4.24. The van der Waals surface area contributed by atoms with Crippen molar-refractivity contribution in [2.24, 2.45) is 0 Å². The van der Waals surface area contributed by atoms with Gasteiger partial charge < -0.3 is 14.9 Å². The molecule has 0 aliphatic rings. The minimum atomic E-state index is -1.76. The van der Waals surface area contributed by atoms with Gasteiger partial charge in [0.15, 0.2) is 0 Å². The smallest absolute Gasteiger partial charge is 0.478 e. The van der Waals surface area contributed by atoms with E-state index in [4.69, 9.17) is 10.2 Å². The van der Waals surface area contributed by atoms with Crippen molar-refractivity contribution in [1.29, 1.82) is 0 Å². The van der Waals surface area contributed by atoms with Gasteiger partial charge in [-0.2, -0.15) is 0 Å². The molecular formula is C7H8O6. The highest BCUT2D eigenvalue weighted by Gasteiger charge is 2.16. The maximum Gasteiger partial charge on any atom is 0.513 e. The van der Waals surface area contributed by atoms with Gasteiger partial charge in [-0.15, -0.1) is 0 Å². The summed E-state index contributed by atoms with van der Waals surface area (Å²) in [6, 6.07) is 0. The Balaban J connectivity index is 4.68. The lowest BCUT2D eigenvalue weighted by Crippen LogP contribution is -2.14. The largest absolute Gasteiger partial charge is 0.513 e. The predicted molar refractivity (Wildman–Crippen MR) is 40.1 cm³/mol. The number of hydrogen-bond donors (Lipinski definition) is 2. The number of hydrogen-bond acceptors (Lipinski definition) is 4. The molecule has 0 saturated heterocycles. The van der Waals surface area contributed by atoms with Gasteiger partial charge in [-0.3, -0.25) is 0 Å². The first-order chi connectivity index (χ1) is 5.86. The fraction of sp³-hybridized carbons (Fsp3) is 0.286. The number of carboxylic acid groups (broad SMARTS) is 2. The Kier molecular flexibility index (Phi) is 3.64. The summed E-state index contributed by atoms with van der Waals surface area (Å²) >= 11 is 0. The Bertz CT molecular complexity index is 287. The number of aliphatic carboxylic acids is 1. The number of esters is 1. The van der Waals surface area contributed by atoms with E-state index in [-0.39, 0.29) is 11.1 Å². The molecule has 0 aliphatic heterocycles. The molecule has 0 amide bonds. The number of carbonyl (C=O) groups excluding carboxylic acids is 1. The standard InChI is InChI=1S/C7H8O6/c1-3(5(8)9)4(2)6(10)13-7(11)12/h1-2H3,(H,8,9)(H,11,12). The van der Waals surface area contributed by atoms with E-state index in [9.17, 15) is 14.4 Å². The molecule has 72 valence electrons. The van der Waals surface area contributed by atoms with Crippen molar-refractivity contribution in [3.63, 3.8) is 0 Å². The molecule has 0 aliphatic carbocycles. The van der Waals surface area contributed by atoms with Crippen molar-refractivity contribution in [1.82, 2.24) is 0 Å². The summed E-state index contributed by atoms with van der Waals surface area (Å²) in [5, 5.41) is 16.5. The van der Waals surface area contributed by atoms with Gasteiger partial charge in [0.2, 0.25) is 0 Å². The molecule has 0 fully saturated rings. The van der Waals surface area contributed by atoms with Crippen LogP contribution in [-0.2, 0) is 14.3 Å². The predicted octanol–water partition coefficient (Wildman–Crippen LogP) is 0.629. The zero-order valence-electron chi connectivity index (χ0n) is 7.03. The first kappa shape index (κ1) is 11.2. The van der Waals surface area contributed by atoms with Crippen LogP contribution in [0, 0.1) is 0 Å². The lowest BCUT2D eigenvalue weighted by Gasteiger charge is -2.00. The van der Waals surface area contributed by atoms with Gasteiger partial charge >= 0.3 is 18.1 Å². The monoisotopic (exact) mass is 188 g/mol. The quantitative estimate of drug-likeness (QED) is 0.374. The number of carboxylic acids is 1. The molecule has 0 aromatic heterocycles. The summed E-state index contributed by atoms with van der Waals surface area (Å²) in [5.74, 6) is -2.47. The molecule has 0 heterocycles. The van der Waals surface area contributed by atoms with Gasteiger partial charge in [-0.05, 0) is 13.8 Å². The van der Waals surface area contributed by atoms with Crippen molar-refractivity contribution in [3.05, 3.63) is 11.1 Å². The maximum atomic E-state index is 10.8. The lowest BCUT2D eigenvalue weighted by atomic mass is 10.1. The van der Waals surface area contributed by atoms with Crippen LogP contribution in [0.25, 0.3) is 0 Å². The van der Waals surface area contributed by atoms with Crippen LogP contribution in [0.5, 0.6) is 0 Å². The van der Waals surface area contributed by atoms with E-state index in [1.807, 2.05) is 0 Å². The molecule has 0 radical (unpaired) electrons. The zero-order chi connectivity index (χ0) is 10.6. The molecular weight excluding hydrogens is 180 g/mol. The van der Waals surface area contributed by atoms with E-state index in [1.54, 1.807) is 0 Å². The second-order valence-electron chi connectivity index (χ2n) is 2.21. The summed E-state index contributed by atoms with van der Waals surface area (Å²) in [7, 11) is 0. The number of carbonyl (C=O) groups is 3. The van der Waals surface area contributed by atoms with Gasteiger partial charge in [0, 0.05) is 11.1 Å². The van der Waals surface area contributed by atoms with Crippen LogP contribution >= 0.6 is 0 Å². The summed E-state index contributed by atoms with van der Waals surface area (Å²) in [4.78, 5) is 31.0. The Morgan fingerprint density at radius 3 is 1.77 bits per heavy atom. The molecule has 0 atom stereocenters. The van der Waals surface area contributed by atoms with Crippen LogP contribution < -0.4 is 0 Å². The highest BCUT2D eigenvalue weighted by molar-refractivity contribution is 6.01. The van der Waals surface area contributed by atoms with E-state index in [2.05, 4.69) is 4.74 Å². The van der Waals surface area contributed by atoms with Crippen LogP contribution in [-0.4, -0.2) is 28.3 Å². The minimum Gasteiger partial charge on any atom is -0.478 e. The number of rotatable bonds is 2. The first-order valence-electron chi connectivity index (χ1n) is 3.22. The summed E-state index contributed by atoms with van der Waals surface area (Å²) < 4.78 is 3.74. The van der Waals surface area contributed by atoms with Crippen LogP contribution in [0.15, 0.2) is 11.1 Å². The molecule has 0 aromatic rings. The third-order valence-corrected chi connectivity index (χ3v) is 1.37. The fourth-order valence-electron chi connectivity index (χ4n) is 0.469. The van der Waals surface area contributed by atoms with Crippen LogP contribution in [0.1, 0.15) is 13.8 Å². The average molecular weight is 188 g/mol. The van der Waals surface area contributed by atoms with Gasteiger partial charge in [-0.25, -0.2) is 14.4 Å². The van der Waals surface area contributed by atoms with Crippen LogP contribution in [0.2, 0.25) is 0 Å². The zero-order valence-corrected chi connectivity index (χ0v) is 7.03. The van der Waals surface area contributed by atoms with Gasteiger partial charge in [-0.1, -0.05) is 0 Å². The average Bonchev–Trinajstić information content (AvgIpc) is 2.00. The molecule has 13 heavy (non-hydrogen) atoms. The van der Waals surface area contributed by atoms with Crippen molar-refractivity contribution < 1.29 is 29.3 Å². The molecule has 0 rings (SSSR count). The Hall–Kier alpha value is -1.85. The van der Waals surface area contributed by atoms with Crippen molar-refractivity contribution in [2.45, 2.75) is 13.8 Å². The first-order valence-corrected chi connectivity index (χ1v) is 3.22. The van der Waals surface area contributed by atoms with E-state index >= 15 is 0 Å². The van der Waals surface area contributed by atoms with E-state index in [1.165, 1.54) is 13.8 Å². The molecule has 6 heteroatoms. The molecule has 6 nitrogen and oxygen atoms in total. The van der Waals surface area contributed by atoms with Gasteiger partial charge in [0.25, 0.3) is 0 Å². The SMILES string of the molecule is CC(C(=O)O)=C(C)C(=O)OC(=O)O. The fourth-order valence-corrected chi connectivity index (χ4v) is 0.469. The molecule has 0 spiro atoms. The van der Waals surface area contributed by atoms with Crippen molar-refractivity contribution in [2.75, 3.05) is 0 Å². The van der Waals surface area contributed by atoms with Crippen molar-refractivity contribution in [3.8, 4) is 0 Å². The molecule has 0 unspecified atom stereocenters. The minimum absolute atomic E-state index is 0.241. The normalized spacial score (nSPS) is 11.5. The van der Waals surface area contributed by atoms with E-state index < -0.39 is 18.1 Å². The maximum absolute atomic E-state index is 10.8. The van der Waals surface area contributed by atoms with E-state index in [0.29, 0.717) is 0 Å². The summed E-state index contributed by atoms with van der Waals surface area (Å²) in [6.07, 6.45) is -1.76. The third kappa shape index (κ3) is 3.37. The molecule has 0 bridgehead atoms. The Labute approximate surface area is 73.4 Å². The highest BCUT2D eigenvalue weighted by atomic mass is 16.7. The Morgan fingerprint density at radius 1 is 1.00 bits per heavy atom. The van der Waals surface area contributed by atoms with Gasteiger partial charge in [0.05, 0.1) is 0 Å². The molecule has 2 N–H and O–H groups in total. The second-order valence-corrected chi connectivity index (χ2v) is 2.21. The topological polar surface area (TPSA) is 101 Å². The highest BCUT2D eigenvalue weighted by Crippen LogP contribution is 2.05. The molecule has 0 aromatic carbocycles. The van der Waals surface area contributed by atoms with E-state index in [0.717, 1.165) is 0 Å².